The summed E-state index contributed by atoms with van der Waals surface area (Å²) in [5, 5.41) is 8.65. The minimum atomic E-state index is -0.801. The highest BCUT2D eigenvalue weighted by molar-refractivity contribution is 5.81. The fourth-order valence-corrected chi connectivity index (χ4v) is 2.49. The van der Waals surface area contributed by atoms with Gasteiger partial charge in [0, 0.05) is 12.0 Å². The van der Waals surface area contributed by atoms with E-state index >= 15 is 0 Å². The van der Waals surface area contributed by atoms with Gasteiger partial charge in [0.05, 0.1) is 0 Å². The van der Waals surface area contributed by atoms with Crippen LogP contribution in [0.1, 0.15) is 26.7 Å². The molecule has 2 atom stereocenters. The molecular weight excluding hydrogens is 176 g/mol. The van der Waals surface area contributed by atoms with E-state index in [0.717, 1.165) is 12.0 Å². The standard InChI is InChI=1S/C12H16O2/c1-7(2)8-3-9-4-10(6-12(13)14)11(9)5-8/h5-7,9,11H,3-4H2,1-2H3,(H,13,14)/b10-6-/t9-,11?/m0/s1. The zero-order valence-corrected chi connectivity index (χ0v) is 8.66. The van der Waals surface area contributed by atoms with E-state index in [1.807, 2.05) is 0 Å². The Morgan fingerprint density at radius 1 is 1.57 bits per heavy atom. The summed E-state index contributed by atoms with van der Waals surface area (Å²) in [5.41, 5.74) is 2.62. The fraction of sp³-hybridized carbons (Fsp3) is 0.583. The molecule has 2 heteroatoms. The summed E-state index contributed by atoms with van der Waals surface area (Å²) in [6.07, 6.45) is 5.84. The molecule has 0 bridgehead atoms. The van der Waals surface area contributed by atoms with Crippen molar-refractivity contribution < 1.29 is 9.90 Å². The van der Waals surface area contributed by atoms with Gasteiger partial charge in [0.2, 0.25) is 0 Å². The van der Waals surface area contributed by atoms with Crippen molar-refractivity contribution in [2.24, 2.45) is 17.8 Å². The van der Waals surface area contributed by atoms with Crippen LogP contribution in [-0.4, -0.2) is 11.1 Å². The molecule has 1 saturated carbocycles. The van der Waals surface area contributed by atoms with E-state index in [1.165, 1.54) is 18.1 Å². The largest absolute Gasteiger partial charge is 0.478 e. The molecule has 76 valence electrons. The SMILES string of the molecule is CC(C)C1=CC2/C(=C\C(=O)O)C[C@@H]2C1. The number of carboxylic acid groups (broad SMARTS) is 1. The van der Waals surface area contributed by atoms with Crippen LogP contribution in [-0.2, 0) is 4.79 Å². The van der Waals surface area contributed by atoms with Gasteiger partial charge in [0.15, 0.2) is 0 Å². The highest BCUT2D eigenvalue weighted by Gasteiger charge is 2.39. The first-order chi connectivity index (χ1) is 6.58. The molecule has 0 aromatic carbocycles. The van der Waals surface area contributed by atoms with Gasteiger partial charge in [-0.15, -0.1) is 0 Å². The van der Waals surface area contributed by atoms with Crippen molar-refractivity contribution in [2.45, 2.75) is 26.7 Å². The number of fused-ring (bicyclic) bond motifs is 1. The number of hydrogen-bond donors (Lipinski definition) is 1. The molecule has 0 amide bonds. The topological polar surface area (TPSA) is 37.3 Å². The van der Waals surface area contributed by atoms with Gasteiger partial charge >= 0.3 is 5.97 Å². The van der Waals surface area contributed by atoms with Crippen LogP contribution in [0.5, 0.6) is 0 Å². The third kappa shape index (κ3) is 1.49. The van der Waals surface area contributed by atoms with Crippen LogP contribution in [0.2, 0.25) is 0 Å². The maximum atomic E-state index is 10.5. The maximum Gasteiger partial charge on any atom is 0.328 e. The number of rotatable bonds is 2. The van der Waals surface area contributed by atoms with Crippen molar-refractivity contribution in [3.8, 4) is 0 Å². The van der Waals surface area contributed by atoms with Gasteiger partial charge in [-0.2, -0.15) is 0 Å². The lowest BCUT2D eigenvalue weighted by atomic mass is 9.71. The fourth-order valence-electron chi connectivity index (χ4n) is 2.49. The predicted octanol–water partition coefficient (Wildman–Crippen LogP) is 2.62. The Bertz CT molecular complexity index is 323. The van der Waals surface area contributed by atoms with Crippen LogP contribution in [0.25, 0.3) is 0 Å². The smallest absolute Gasteiger partial charge is 0.328 e. The zero-order chi connectivity index (χ0) is 10.3. The summed E-state index contributed by atoms with van der Waals surface area (Å²) in [4.78, 5) is 10.5. The van der Waals surface area contributed by atoms with Gasteiger partial charge < -0.3 is 5.11 Å². The van der Waals surface area contributed by atoms with Crippen LogP contribution in [0, 0.1) is 17.8 Å². The molecule has 0 aliphatic heterocycles. The summed E-state index contributed by atoms with van der Waals surface area (Å²) in [6, 6.07) is 0. The molecule has 0 aromatic heterocycles. The molecule has 1 unspecified atom stereocenters. The maximum absolute atomic E-state index is 10.5. The quantitative estimate of drug-likeness (QED) is 0.539. The summed E-state index contributed by atoms with van der Waals surface area (Å²) >= 11 is 0. The first-order valence-electron chi connectivity index (χ1n) is 5.22. The van der Waals surface area contributed by atoms with Crippen molar-refractivity contribution in [2.75, 3.05) is 0 Å². The average Bonchev–Trinajstić information content (AvgIpc) is 2.39. The second-order valence-corrected chi connectivity index (χ2v) is 4.65. The monoisotopic (exact) mass is 192 g/mol. The number of carboxylic acids is 1. The van der Waals surface area contributed by atoms with E-state index in [9.17, 15) is 4.79 Å². The van der Waals surface area contributed by atoms with E-state index in [1.54, 1.807) is 0 Å². The molecule has 0 aromatic rings. The summed E-state index contributed by atoms with van der Waals surface area (Å²) in [7, 11) is 0. The van der Waals surface area contributed by atoms with Gasteiger partial charge in [-0.25, -0.2) is 4.79 Å². The lowest BCUT2D eigenvalue weighted by Crippen LogP contribution is -2.24. The highest BCUT2D eigenvalue weighted by atomic mass is 16.4. The van der Waals surface area contributed by atoms with Crippen LogP contribution in [0.4, 0.5) is 0 Å². The third-order valence-electron chi connectivity index (χ3n) is 3.38. The Morgan fingerprint density at radius 2 is 2.29 bits per heavy atom. The number of allylic oxidation sites excluding steroid dienone is 3. The second kappa shape index (κ2) is 3.26. The molecule has 14 heavy (non-hydrogen) atoms. The Morgan fingerprint density at radius 3 is 2.86 bits per heavy atom. The third-order valence-corrected chi connectivity index (χ3v) is 3.38. The average molecular weight is 192 g/mol. The minimum Gasteiger partial charge on any atom is -0.478 e. The molecule has 0 saturated heterocycles. The van der Waals surface area contributed by atoms with Crippen molar-refractivity contribution in [3.63, 3.8) is 0 Å². The molecule has 2 aliphatic rings. The normalized spacial score (nSPS) is 32.8. The number of carbonyl (C=O) groups is 1. The van der Waals surface area contributed by atoms with Crippen LogP contribution in [0.3, 0.4) is 0 Å². The molecule has 0 heterocycles. The highest BCUT2D eigenvalue weighted by Crippen LogP contribution is 2.50. The Kier molecular flexibility index (Phi) is 2.22. The van der Waals surface area contributed by atoms with E-state index in [2.05, 4.69) is 19.9 Å². The van der Waals surface area contributed by atoms with Crippen molar-refractivity contribution in [1.29, 1.82) is 0 Å². The molecular formula is C12H16O2. The van der Waals surface area contributed by atoms with E-state index in [4.69, 9.17) is 5.11 Å². The van der Waals surface area contributed by atoms with Gasteiger partial charge in [0.1, 0.15) is 0 Å². The molecule has 1 fully saturated rings. The van der Waals surface area contributed by atoms with Crippen molar-refractivity contribution >= 4 is 5.97 Å². The minimum absolute atomic E-state index is 0.448. The van der Waals surface area contributed by atoms with Crippen LogP contribution in [0.15, 0.2) is 23.3 Å². The Hall–Kier alpha value is -1.05. The Labute approximate surface area is 84.3 Å². The molecule has 2 rings (SSSR count). The van der Waals surface area contributed by atoms with Crippen LogP contribution < -0.4 is 0 Å². The Balaban J connectivity index is 2.10. The zero-order valence-electron chi connectivity index (χ0n) is 8.66. The molecule has 0 spiro atoms. The lowest BCUT2D eigenvalue weighted by Gasteiger charge is -2.33. The summed E-state index contributed by atoms with van der Waals surface area (Å²) in [6.45, 7) is 4.41. The van der Waals surface area contributed by atoms with Crippen molar-refractivity contribution in [1.82, 2.24) is 0 Å². The molecule has 2 aliphatic carbocycles. The van der Waals surface area contributed by atoms with Crippen LogP contribution >= 0.6 is 0 Å². The predicted molar refractivity (Wildman–Crippen MR) is 54.9 cm³/mol. The molecule has 0 radical (unpaired) electrons. The van der Waals surface area contributed by atoms with Gasteiger partial charge in [-0.1, -0.05) is 31.1 Å². The molecule has 2 nitrogen and oxygen atoms in total. The van der Waals surface area contributed by atoms with Gasteiger partial charge in [0.25, 0.3) is 0 Å². The van der Waals surface area contributed by atoms with Crippen molar-refractivity contribution in [3.05, 3.63) is 23.3 Å². The van der Waals surface area contributed by atoms with E-state index in [0.29, 0.717) is 17.8 Å². The summed E-state index contributed by atoms with van der Waals surface area (Å²) < 4.78 is 0. The number of hydrogen-bond acceptors (Lipinski definition) is 1. The van der Waals surface area contributed by atoms with E-state index < -0.39 is 5.97 Å². The lowest BCUT2D eigenvalue weighted by molar-refractivity contribution is -0.131. The van der Waals surface area contributed by atoms with Gasteiger partial charge in [-0.3, -0.25) is 0 Å². The number of aliphatic carboxylic acids is 1. The first kappa shape index (κ1) is 9.50. The first-order valence-corrected chi connectivity index (χ1v) is 5.22. The summed E-state index contributed by atoms with van der Waals surface area (Å²) in [5.74, 6) is 0.970. The second-order valence-electron chi connectivity index (χ2n) is 4.65. The molecule has 1 N–H and O–H groups in total. The van der Waals surface area contributed by atoms with E-state index in [-0.39, 0.29) is 0 Å². The van der Waals surface area contributed by atoms with Gasteiger partial charge in [-0.05, 0) is 24.7 Å².